The van der Waals surface area contributed by atoms with E-state index in [1.807, 2.05) is 30.3 Å². The Morgan fingerprint density at radius 1 is 1.18 bits per heavy atom. The molecule has 5 nitrogen and oxygen atoms in total. The minimum Gasteiger partial charge on any atom is -0.325 e. The third-order valence-electron chi connectivity index (χ3n) is 3.75. The lowest BCUT2D eigenvalue weighted by Crippen LogP contribution is -2.15. The van der Waals surface area contributed by atoms with Gasteiger partial charge in [-0.15, -0.1) is 10.2 Å². The fraction of sp³-hybridized carbons (Fsp3) is 0.167. The van der Waals surface area contributed by atoms with Gasteiger partial charge in [0.2, 0.25) is 5.91 Å². The summed E-state index contributed by atoms with van der Waals surface area (Å²) in [5.74, 6) is 0.144. The molecule has 0 aliphatic carbocycles. The van der Waals surface area contributed by atoms with Crippen molar-refractivity contribution in [3.05, 3.63) is 59.1 Å². The summed E-state index contributed by atoms with van der Waals surface area (Å²) in [4.78, 5) is 12.1. The van der Waals surface area contributed by atoms with Crippen molar-refractivity contribution in [3.8, 4) is 11.4 Å². The number of carbonyl (C=O) groups excluding carboxylic acids is 1. The summed E-state index contributed by atoms with van der Waals surface area (Å²) in [5.41, 5.74) is -0.0969. The molecule has 0 unspecified atom stereocenters. The highest BCUT2D eigenvalue weighted by Gasteiger charge is 2.33. The van der Waals surface area contributed by atoms with Gasteiger partial charge in [-0.25, -0.2) is 0 Å². The number of carbonyl (C=O) groups is 1. The molecule has 2 aromatic carbocycles. The first-order valence-corrected chi connectivity index (χ1v) is 9.36. The molecule has 1 amide bonds. The number of halogens is 4. The van der Waals surface area contributed by atoms with Crippen molar-refractivity contribution in [1.29, 1.82) is 0 Å². The van der Waals surface area contributed by atoms with Crippen LogP contribution in [0.2, 0.25) is 5.02 Å². The van der Waals surface area contributed by atoms with Crippen molar-refractivity contribution in [1.82, 2.24) is 14.8 Å². The number of hydrogen-bond donors (Lipinski definition) is 1. The maximum atomic E-state index is 12.9. The zero-order chi connectivity index (χ0) is 20.3. The minimum atomic E-state index is -4.60. The average molecular weight is 427 g/mol. The van der Waals surface area contributed by atoms with Crippen LogP contribution in [0.3, 0.4) is 0 Å². The SMILES string of the molecule is Cn1c(SCC(=O)Nc2ccc(Cl)c(C(F)(F)F)c2)nnc1-c1ccccc1. The number of benzene rings is 2. The lowest BCUT2D eigenvalue weighted by Gasteiger charge is -2.11. The van der Waals surface area contributed by atoms with Crippen LogP contribution >= 0.6 is 23.4 Å². The molecule has 0 atom stereocenters. The molecule has 146 valence electrons. The maximum absolute atomic E-state index is 12.9. The highest BCUT2D eigenvalue weighted by molar-refractivity contribution is 7.99. The fourth-order valence-electron chi connectivity index (χ4n) is 2.43. The van der Waals surface area contributed by atoms with Gasteiger partial charge in [-0.1, -0.05) is 53.7 Å². The van der Waals surface area contributed by atoms with Gasteiger partial charge in [-0.3, -0.25) is 4.79 Å². The molecule has 0 saturated heterocycles. The van der Waals surface area contributed by atoms with Crippen molar-refractivity contribution in [2.45, 2.75) is 11.3 Å². The van der Waals surface area contributed by atoms with Gasteiger partial charge >= 0.3 is 6.18 Å². The third-order valence-corrected chi connectivity index (χ3v) is 5.10. The molecule has 0 saturated carbocycles. The molecular weight excluding hydrogens is 413 g/mol. The molecule has 1 N–H and O–H groups in total. The Balaban J connectivity index is 1.65. The summed E-state index contributed by atoms with van der Waals surface area (Å²) in [6.45, 7) is 0. The van der Waals surface area contributed by atoms with Gasteiger partial charge in [-0.05, 0) is 18.2 Å². The first kappa shape index (κ1) is 20.2. The standard InChI is InChI=1S/C18H14ClF3N4OS/c1-26-16(11-5-3-2-4-6-11)24-25-17(26)28-10-15(27)23-12-7-8-14(19)13(9-12)18(20,21)22/h2-9H,10H2,1H3,(H,23,27). The van der Waals surface area contributed by atoms with Crippen molar-refractivity contribution < 1.29 is 18.0 Å². The topological polar surface area (TPSA) is 59.8 Å². The van der Waals surface area contributed by atoms with Crippen LogP contribution in [-0.2, 0) is 18.0 Å². The largest absolute Gasteiger partial charge is 0.417 e. The summed E-state index contributed by atoms with van der Waals surface area (Å²) < 4.78 is 40.5. The van der Waals surface area contributed by atoms with Crippen LogP contribution in [0.15, 0.2) is 53.7 Å². The van der Waals surface area contributed by atoms with Gasteiger partial charge in [0.1, 0.15) is 0 Å². The molecule has 0 aliphatic rings. The van der Waals surface area contributed by atoms with E-state index < -0.39 is 22.7 Å². The van der Waals surface area contributed by atoms with E-state index in [1.165, 1.54) is 6.07 Å². The molecule has 0 fully saturated rings. The van der Waals surface area contributed by atoms with E-state index in [1.54, 1.807) is 11.6 Å². The zero-order valence-electron chi connectivity index (χ0n) is 14.5. The number of rotatable bonds is 5. The Bertz CT molecular complexity index is 992. The number of aromatic nitrogens is 3. The van der Waals surface area contributed by atoms with Crippen molar-refractivity contribution in [2.24, 2.45) is 7.05 Å². The number of amides is 1. The molecule has 0 bridgehead atoms. The van der Waals surface area contributed by atoms with Crippen LogP contribution in [0.25, 0.3) is 11.4 Å². The molecule has 1 aromatic heterocycles. The van der Waals surface area contributed by atoms with Crippen LogP contribution in [0, 0.1) is 0 Å². The lowest BCUT2D eigenvalue weighted by molar-refractivity contribution is -0.137. The van der Waals surface area contributed by atoms with Gasteiger partial charge in [0.25, 0.3) is 0 Å². The average Bonchev–Trinajstić information content (AvgIpc) is 3.02. The number of thioether (sulfide) groups is 1. The van der Waals surface area contributed by atoms with E-state index in [2.05, 4.69) is 15.5 Å². The normalized spacial score (nSPS) is 11.5. The molecule has 0 aliphatic heterocycles. The smallest absolute Gasteiger partial charge is 0.325 e. The van der Waals surface area contributed by atoms with E-state index in [0.29, 0.717) is 11.0 Å². The Morgan fingerprint density at radius 3 is 2.57 bits per heavy atom. The quantitative estimate of drug-likeness (QED) is 0.590. The summed E-state index contributed by atoms with van der Waals surface area (Å²) in [5, 5.41) is 10.7. The lowest BCUT2D eigenvalue weighted by atomic mass is 10.2. The molecule has 3 rings (SSSR count). The van der Waals surface area contributed by atoms with E-state index >= 15 is 0 Å². The van der Waals surface area contributed by atoms with E-state index in [-0.39, 0.29) is 11.4 Å². The van der Waals surface area contributed by atoms with Gasteiger partial charge in [-0.2, -0.15) is 13.2 Å². The number of anilines is 1. The van der Waals surface area contributed by atoms with Crippen LogP contribution < -0.4 is 5.32 Å². The molecule has 10 heteroatoms. The zero-order valence-corrected chi connectivity index (χ0v) is 16.1. The molecule has 0 spiro atoms. The van der Waals surface area contributed by atoms with E-state index in [0.717, 1.165) is 29.5 Å². The molecule has 1 heterocycles. The summed E-state index contributed by atoms with van der Waals surface area (Å²) >= 11 is 6.71. The third kappa shape index (κ3) is 4.66. The first-order chi connectivity index (χ1) is 13.3. The Labute approximate surface area is 167 Å². The minimum absolute atomic E-state index is 0.0188. The monoisotopic (exact) mass is 426 g/mol. The van der Waals surface area contributed by atoms with Gasteiger partial charge in [0.15, 0.2) is 11.0 Å². The summed E-state index contributed by atoms with van der Waals surface area (Å²) in [6.07, 6.45) is -4.60. The molecule has 28 heavy (non-hydrogen) atoms. The van der Waals surface area contributed by atoms with Gasteiger partial charge < -0.3 is 9.88 Å². The van der Waals surface area contributed by atoms with Gasteiger partial charge in [0.05, 0.1) is 16.3 Å². The maximum Gasteiger partial charge on any atom is 0.417 e. The number of nitrogens with zero attached hydrogens (tertiary/aromatic N) is 3. The number of hydrogen-bond acceptors (Lipinski definition) is 4. The number of alkyl halides is 3. The summed E-state index contributed by atoms with van der Waals surface area (Å²) in [7, 11) is 1.78. The predicted molar refractivity (Wildman–Crippen MR) is 102 cm³/mol. The Kier molecular flexibility index (Phi) is 5.95. The highest BCUT2D eigenvalue weighted by Crippen LogP contribution is 2.36. The first-order valence-electron chi connectivity index (χ1n) is 8.00. The Morgan fingerprint density at radius 2 is 1.89 bits per heavy atom. The van der Waals surface area contributed by atoms with Crippen molar-refractivity contribution in [3.63, 3.8) is 0 Å². The highest BCUT2D eigenvalue weighted by atomic mass is 35.5. The van der Waals surface area contributed by atoms with Gasteiger partial charge in [0, 0.05) is 18.3 Å². The summed E-state index contributed by atoms with van der Waals surface area (Å²) in [6, 6.07) is 12.7. The van der Waals surface area contributed by atoms with Crippen LogP contribution in [0.1, 0.15) is 5.56 Å². The molecule has 0 radical (unpaired) electrons. The second-order valence-corrected chi connectivity index (χ2v) is 7.11. The second kappa shape index (κ2) is 8.24. The predicted octanol–water partition coefficient (Wildman–Crippen LogP) is 4.89. The van der Waals surface area contributed by atoms with Crippen LogP contribution in [0.4, 0.5) is 18.9 Å². The fourth-order valence-corrected chi connectivity index (χ4v) is 3.36. The van der Waals surface area contributed by atoms with Crippen LogP contribution in [0.5, 0.6) is 0 Å². The second-order valence-electron chi connectivity index (χ2n) is 5.76. The number of nitrogens with one attached hydrogen (secondary N) is 1. The molecule has 3 aromatic rings. The van der Waals surface area contributed by atoms with Crippen LogP contribution in [-0.4, -0.2) is 26.4 Å². The Hall–Kier alpha value is -2.52. The van der Waals surface area contributed by atoms with Crippen molar-refractivity contribution >= 4 is 35.0 Å². The molecular formula is C18H14ClF3N4OS. The van der Waals surface area contributed by atoms with E-state index in [9.17, 15) is 18.0 Å². The van der Waals surface area contributed by atoms with E-state index in [4.69, 9.17) is 11.6 Å². The van der Waals surface area contributed by atoms with Crippen molar-refractivity contribution in [2.75, 3.05) is 11.1 Å².